The second-order valence-corrected chi connectivity index (χ2v) is 4.55. The van der Waals surface area contributed by atoms with E-state index in [9.17, 15) is 0 Å². The molecule has 0 aliphatic carbocycles. The molecule has 90 valence electrons. The first-order valence-corrected chi connectivity index (χ1v) is 6.59. The highest BCUT2D eigenvalue weighted by Crippen LogP contribution is 2.07. The van der Waals surface area contributed by atoms with Crippen molar-refractivity contribution in [2.24, 2.45) is 0 Å². The van der Waals surface area contributed by atoms with Crippen LogP contribution in [-0.2, 0) is 6.42 Å². The number of benzene rings is 1. The summed E-state index contributed by atoms with van der Waals surface area (Å²) >= 11 is 0. The lowest BCUT2D eigenvalue weighted by Crippen LogP contribution is -2.15. The molecule has 0 saturated carbocycles. The summed E-state index contributed by atoms with van der Waals surface area (Å²) in [5.41, 5.74) is 2.83. The minimum atomic E-state index is 1.16. The lowest BCUT2D eigenvalue weighted by Gasteiger charge is -2.04. The number of hydrogen-bond donors (Lipinski definition) is 1. The summed E-state index contributed by atoms with van der Waals surface area (Å²) < 4.78 is 0. The topological polar surface area (TPSA) is 12.0 Å². The van der Waals surface area contributed by atoms with Gasteiger partial charge in [-0.1, -0.05) is 43.2 Å². The Balaban J connectivity index is 2.01. The third-order valence-corrected chi connectivity index (χ3v) is 2.87. The van der Waals surface area contributed by atoms with E-state index in [2.05, 4.69) is 43.4 Å². The van der Waals surface area contributed by atoms with E-state index in [0.29, 0.717) is 0 Å². The van der Waals surface area contributed by atoms with Gasteiger partial charge >= 0.3 is 0 Å². The number of rotatable bonds is 8. The van der Waals surface area contributed by atoms with Crippen LogP contribution in [0.5, 0.6) is 0 Å². The maximum absolute atomic E-state index is 3.44. The third kappa shape index (κ3) is 5.92. The van der Waals surface area contributed by atoms with E-state index in [4.69, 9.17) is 0 Å². The van der Waals surface area contributed by atoms with Crippen LogP contribution in [0, 0.1) is 6.92 Å². The Morgan fingerprint density at radius 2 is 1.69 bits per heavy atom. The molecule has 0 fully saturated rings. The molecular weight excluding hydrogens is 194 g/mol. The van der Waals surface area contributed by atoms with Crippen molar-refractivity contribution < 1.29 is 0 Å². The molecule has 1 aromatic rings. The fraction of sp³-hybridized carbons (Fsp3) is 0.600. The van der Waals surface area contributed by atoms with Gasteiger partial charge in [-0.3, -0.25) is 0 Å². The Kier molecular flexibility index (Phi) is 6.91. The van der Waals surface area contributed by atoms with E-state index in [1.54, 1.807) is 0 Å². The molecule has 1 nitrogen and oxygen atoms in total. The van der Waals surface area contributed by atoms with Gasteiger partial charge in [-0.25, -0.2) is 0 Å². The van der Waals surface area contributed by atoms with Gasteiger partial charge in [0.05, 0.1) is 0 Å². The Morgan fingerprint density at radius 3 is 2.38 bits per heavy atom. The van der Waals surface area contributed by atoms with Crippen molar-refractivity contribution in [3.05, 3.63) is 35.4 Å². The predicted molar refractivity (Wildman–Crippen MR) is 71.9 cm³/mol. The van der Waals surface area contributed by atoms with Gasteiger partial charge in [0, 0.05) is 0 Å². The Labute approximate surface area is 100 Å². The SMILES string of the molecule is CCCNCCCCCc1ccc(C)cc1. The van der Waals surface area contributed by atoms with Crippen LogP contribution < -0.4 is 5.32 Å². The third-order valence-electron chi connectivity index (χ3n) is 2.87. The van der Waals surface area contributed by atoms with Crippen molar-refractivity contribution in [2.45, 2.75) is 46.0 Å². The van der Waals surface area contributed by atoms with Gasteiger partial charge in [-0.05, 0) is 51.3 Å². The van der Waals surface area contributed by atoms with Crippen LogP contribution in [0.3, 0.4) is 0 Å². The van der Waals surface area contributed by atoms with Crippen molar-refractivity contribution in [2.75, 3.05) is 13.1 Å². The molecule has 0 aromatic heterocycles. The maximum atomic E-state index is 3.44. The van der Waals surface area contributed by atoms with Crippen LogP contribution >= 0.6 is 0 Å². The highest BCUT2D eigenvalue weighted by Gasteiger charge is 1.93. The predicted octanol–water partition coefficient (Wildman–Crippen LogP) is 3.71. The number of nitrogens with one attached hydrogen (secondary N) is 1. The zero-order chi connectivity index (χ0) is 11.6. The van der Waals surface area contributed by atoms with Gasteiger partial charge in [-0.2, -0.15) is 0 Å². The smallest absolute Gasteiger partial charge is 0.00489 e. The first-order chi connectivity index (χ1) is 7.83. The fourth-order valence-corrected chi connectivity index (χ4v) is 1.81. The van der Waals surface area contributed by atoms with Crippen LogP contribution in [0.2, 0.25) is 0 Å². The molecule has 0 saturated heterocycles. The molecule has 0 bridgehead atoms. The van der Waals surface area contributed by atoms with Gasteiger partial charge in [-0.15, -0.1) is 0 Å². The van der Waals surface area contributed by atoms with Crippen molar-refractivity contribution in [1.82, 2.24) is 5.32 Å². The molecule has 0 aliphatic rings. The zero-order valence-electron chi connectivity index (χ0n) is 10.8. The summed E-state index contributed by atoms with van der Waals surface area (Å²) in [4.78, 5) is 0. The monoisotopic (exact) mass is 219 g/mol. The van der Waals surface area contributed by atoms with Gasteiger partial charge in [0.2, 0.25) is 0 Å². The lowest BCUT2D eigenvalue weighted by atomic mass is 10.1. The second-order valence-electron chi connectivity index (χ2n) is 4.55. The van der Waals surface area contributed by atoms with Gasteiger partial charge in [0.15, 0.2) is 0 Å². The summed E-state index contributed by atoms with van der Waals surface area (Å²) in [6.45, 7) is 6.70. The van der Waals surface area contributed by atoms with Gasteiger partial charge < -0.3 is 5.32 Å². The van der Waals surface area contributed by atoms with Crippen molar-refractivity contribution in [3.8, 4) is 0 Å². The first kappa shape index (κ1) is 13.2. The highest BCUT2D eigenvalue weighted by molar-refractivity contribution is 5.21. The van der Waals surface area contributed by atoms with Gasteiger partial charge in [0.1, 0.15) is 0 Å². The van der Waals surface area contributed by atoms with Crippen LogP contribution in [0.1, 0.15) is 43.7 Å². The Hall–Kier alpha value is -0.820. The van der Waals surface area contributed by atoms with Gasteiger partial charge in [0.25, 0.3) is 0 Å². The second kappa shape index (κ2) is 8.35. The summed E-state index contributed by atoms with van der Waals surface area (Å²) in [6, 6.07) is 8.92. The van der Waals surface area contributed by atoms with Crippen LogP contribution in [0.25, 0.3) is 0 Å². The van der Waals surface area contributed by atoms with Crippen molar-refractivity contribution >= 4 is 0 Å². The average Bonchev–Trinajstić information content (AvgIpc) is 2.30. The molecule has 1 heteroatoms. The largest absolute Gasteiger partial charge is 0.317 e. The molecule has 0 atom stereocenters. The Bertz CT molecular complexity index is 263. The van der Waals surface area contributed by atoms with Crippen LogP contribution in [0.4, 0.5) is 0 Å². The van der Waals surface area contributed by atoms with Crippen LogP contribution in [-0.4, -0.2) is 13.1 Å². The molecule has 0 aliphatic heterocycles. The molecule has 0 spiro atoms. The zero-order valence-corrected chi connectivity index (χ0v) is 10.8. The van der Waals surface area contributed by atoms with Crippen molar-refractivity contribution in [1.29, 1.82) is 0 Å². The molecule has 0 unspecified atom stereocenters. The minimum absolute atomic E-state index is 1.16. The van der Waals surface area contributed by atoms with E-state index in [0.717, 1.165) is 6.54 Å². The number of aryl methyl sites for hydroxylation is 2. The van der Waals surface area contributed by atoms with E-state index in [1.807, 2.05) is 0 Å². The first-order valence-electron chi connectivity index (χ1n) is 6.59. The molecular formula is C15H25N. The van der Waals surface area contributed by atoms with E-state index in [-0.39, 0.29) is 0 Å². The van der Waals surface area contributed by atoms with Crippen LogP contribution in [0.15, 0.2) is 24.3 Å². The van der Waals surface area contributed by atoms with E-state index >= 15 is 0 Å². The molecule has 1 aromatic carbocycles. The number of hydrogen-bond acceptors (Lipinski definition) is 1. The van der Waals surface area contributed by atoms with E-state index < -0.39 is 0 Å². The standard InChI is InChI=1S/C15H25N/c1-3-12-16-13-6-4-5-7-15-10-8-14(2)9-11-15/h8-11,16H,3-7,12-13H2,1-2H3. The highest BCUT2D eigenvalue weighted by atomic mass is 14.8. The lowest BCUT2D eigenvalue weighted by molar-refractivity contribution is 0.599. The molecule has 0 radical (unpaired) electrons. The Morgan fingerprint density at radius 1 is 0.938 bits per heavy atom. The average molecular weight is 219 g/mol. The normalized spacial score (nSPS) is 10.6. The minimum Gasteiger partial charge on any atom is -0.317 e. The summed E-state index contributed by atoms with van der Waals surface area (Å²) in [6.07, 6.45) is 6.44. The molecule has 0 heterocycles. The summed E-state index contributed by atoms with van der Waals surface area (Å²) in [7, 11) is 0. The maximum Gasteiger partial charge on any atom is -0.00489 e. The quantitative estimate of drug-likeness (QED) is 0.657. The molecule has 16 heavy (non-hydrogen) atoms. The molecule has 1 rings (SSSR count). The summed E-state index contributed by atoms with van der Waals surface area (Å²) in [5, 5.41) is 3.44. The fourth-order valence-electron chi connectivity index (χ4n) is 1.81. The molecule has 0 amide bonds. The molecule has 1 N–H and O–H groups in total. The summed E-state index contributed by atoms with van der Waals surface area (Å²) in [5.74, 6) is 0. The number of unbranched alkanes of at least 4 members (excludes halogenated alkanes) is 2. The van der Waals surface area contributed by atoms with E-state index in [1.165, 1.54) is 49.8 Å². The van der Waals surface area contributed by atoms with Crippen molar-refractivity contribution in [3.63, 3.8) is 0 Å².